The van der Waals surface area contributed by atoms with Gasteiger partial charge in [-0.2, -0.15) is 0 Å². The van der Waals surface area contributed by atoms with E-state index in [1.165, 1.54) is 94.2 Å². The second kappa shape index (κ2) is 15.5. The molecule has 4 nitrogen and oxygen atoms in total. The molecule has 0 amide bonds. The third kappa shape index (κ3) is 12.2. The van der Waals surface area contributed by atoms with Crippen molar-refractivity contribution in [2.75, 3.05) is 26.2 Å². The summed E-state index contributed by atoms with van der Waals surface area (Å²) >= 11 is 10.9. The zero-order chi connectivity index (χ0) is 22.3. The molecule has 170 valence electrons. The molecule has 29 heavy (non-hydrogen) atoms. The SMILES string of the molecule is CCCC[N+](CCCC)(CCCC)CCCC.O=S(=O)([O-])c1cc(Cl)ccc1Cl. The van der Waals surface area contributed by atoms with E-state index in [9.17, 15) is 13.0 Å². The van der Waals surface area contributed by atoms with Crippen molar-refractivity contribution in [1.29, 1.82) is 0 Å². The third-order valence-electron chi connectivity index (χ3n) is 5.11. The zero-order valence-electron chi connectivity index (χ0n) is 18.6. The molecule has 1 aromatic carbocycles. The van der Waals surface area contributed by atoms with E-state index in [0.717, 1.165) is 6.07 Å². The van der Waals surface area contributed by atoms with Crippen LogP contribution in [0.5, 0.6) is 0 Å². The first-order chi connectivity index (χ1) is 13.7. The summed E-state index contributed by atoms with van der Waals surface area (Å²) in [6.07, 6.45) is 11.1. The second-order valence-electron chi connectivity index (χ2n) is 7.68. The fraction of sp³-hybridized carbons (Fsp3) is 0.727. The molecule has 0 bridgehead atoms. The molecule has 0 radical (unpaired) electrons. The van der Waals surface area contributed by atoms with Gasteiger partial charge in [0.05, 0.1) is 36.1 Å². The van der Waals surface area contributed by atoms with Gasteiger partial charge in [-0.25, -0.2) is 8.42 Å². The summed E-state index contributed by atoms with van der Waals surface area (Å²) in [4.78, 5) is -0.489. The van der Waals surface area contributed by atoms with Crippen molar-refractivity contribution >= 4 is 33.3 Å². The van der Waals surface area contributed by atoms with Crippen LogP contribution in [0.1, 0.15) is 79.1 Å². The Morgan fingerprint density at radius 3 is 1.45 bits per heavy atom. The summed E-state index contributed by atoms with van der Waals surface area (Å²) in [7, 11) is -4.52. The molecule has 1 aromatic rings. The number of nitrogens with zero attached hydrogens (tertiary/aromatic N) is 1. The Bertz CT molecular complexity index is 629. The van der Waals surface area contributed by atoms with Crippen LogP contribution in [0.3, 0.4) is 0 Å². The summed E-state index contributed by atoms with van der Waals surface area (Å²) in [6, 6.07) is 3.68. The van der Waals surface area contributed by atoms with Gasteiger partial charge in [0.1, 0.15) is 10.1 Å². The van der Waals surface area contributed by atoms with Crippen molar-refractivity contribution in [2.45, 2.75) is 84.0 Å². The molecule has 0 aromatic heterocycles. The molecule has 1 rings (SSSR count). The molecular weight excluding hydrogens is 429 g/mol. The Kier molecular flexibility index (Phi) is 15.3. The van der Waals surface area contributed by atoms with Gasteiger partial charge in [0.15, 0.2) is 0 Å². The normalized spacial score (nSPS) is 11.8. The van der Waals surface area contributed by atoms with Gasteiger partial charge in [0.2, 0.25) is 0 Å². The van der Waals surface area contributed by atoms with Gasteiger partial charge in [-0.3, -0.25) is 0 Å². The Labute approximate surface area is 188 Å². The maximum Gasteiger partial charge on any atom is 0.125 e. The van der Waals surface area contributed by atoms with E-state index in [1.54, 1.807) is 0 Å². The highest BCUT2D eigenvalue weighted by molar-refractivity contribution is 7.85. The molecule has 0 aliphatic carbocycles. The van der Waals surface area contributed by atoms with Gasteiger partial charge >= 0.3 is 0 Å². The third-order valence-corrected chi connectivity index (χ3v) is 6.66. The molecule has 0 spiro atoms. The first-order valence-corrected chi connectivity index (χ1v) is 13.1. The molecule has 0 aliphatic heterocycles. The number of benzene rings is 1. The summed E-state index contributed by atoms with van der Waals surface area (Å²) in [5.41, 5.74) is 0. The summed E-state index contributed by atoms with van der Waals surface area (Å²) in [6.45, 7) is 15.0. The lowest BCUT2D eigenvalue weighted by Crippen LogP contribution is -2.50. The molecule has 0 saturated carbocycles. The zero-order valence-corrected chi connectivity index (χ0v) is 20.9. The van der Waals surface area contributed by atoms with Gasteiger partial charge in [-0.05, 0) is 43.9 Å². The van der Waals surface area contributed by atoms with Crippen molar-refractivity contribution in [3.8, 4) is 0 Å². The fourth-order valence-corrected chi connectivity index (χ4v) is 4.53. The Morgan fingerprint density at radius 2 is 1.17 bits per heavy atom. The first-order valence-electron chi connectivity index (χ1n) is 10.9. The van der Waals surface area contributed by atoms with Crippen LogP contribution >= 0.6 is 23.2 Å². The van der Waals surface area contributed by atoms with Crippen molar-refractivity contribution in [3.63, 3.8) is 0 Å². The molecule has 0 aliphatic rings. The lowest BCUT2D eigenvalue weighted by atomic mass is 10.1. The van der Waals surface area contributed by atoms with Crippen LogP contribution in [0.4, 0.5) is 0 Å². The fourth-order valence-electron chi connectivity index (χ4n) is 3.31. The molecule has 0 heterocycles. The monoisotopic (exact) mass is 467 g/mol. The largest absolute Gasteiger partial charge is 0.744 e. The van der Waals surface area contributed by atoms with Gasteiger partial charge in [0.25, 0.3) is 0 Å². The number of quaternary nitrogens is 1. The molecule has 0 unspecified atom stereocenters. The summed E-state index contributed by atoms with van der Waals surface area (Å²) < 4.78 is 32.9. The van der Waals surface area contributed by atoms with E-state index in [1.807, 2.05) is 0 Å². The lowest BCUT2D eigenvalue weighted by molar-refractivity contribution is -0.929. The number of hydrogen-bond donors (Lipinski definition) is 0. The molecule has 0 saturated heterocycles. The van der Waals surface area contributed by atoms with Crippen LogP contribution in [0.25, 0.3) is 0 Å². The highest BCUT2D eigenvalue weighted by atomic mass is 35.5. The van der Waals surface area contributed by atoms with Crippen LogP contribution in [0.2, 0.25) is 10.0 Å². The molecule has 0 atom stereocenters. The number of halogens is 2. The molecular formula is C22H39Cl2NO3S. The summed E-state index contributed by atoms with van der Waals surface area (Å²) in [5, 5.41) is 0.0447. The van der Waals surface area contributed by atoms with E-state index >= 15 is 0 Å². The summed E-state index contributed by atoms with van der Waals surface area (Å²) in [5.74, 6) is 0. The molecule has 0 N–H and O–H groups in total. The van der Waals surface area contributed by atoms with Crippen LogP contribution in [0.15, 0.2) is 23.1 Å². The second-order valence-corrected chi connectivity index (χ2v) is 9.87. The Balaban J connectivity index is 0.000000571. The minimum Gasteiger partial charge on any atom is -0.744 e. The highest BCUT2D eigenvalue weighted by Gasteiger charge is 2.24. The van der Waals surface area contributed by atoms with Crippen LogP contribution in [-0.4, -0.2) is 43.6 Å². The van der Waals surface area contributed by atoms with Crippen molar-refractivity contribution in [3.05, 3.63) is 28.2 Å². The minimum atomic E-state index is -4.52. The van der Waals surface area contributed by atoms with E-state index in [0.29, 0.717) is 0 Å². The average Bonchev–Trinajstić information content (AvgIpc) is 2.68. The minimum absolute atomic E-state index is 0.116. The van der Waals surface area contributed by atoms with E-state index in [-0.39, 0.29) is 10.0 Å². The molecule has 0 fully saturated rings. The van der Waals surface area contributed by atoms with Crippen LogP contribution in [-0.2, 0) is 10.1 Å². The first kappa shape index (κ1) is 28.7. The number of rotatable bonds is 13. The number of unbranched alkanes of at least 4 members (excludes halogenated alkanes) is 4. The smallest absolute Gasteiger partial charge is 0.125 e. The van der Waals surface area contributed by atoms with Crippen molar-refractivity contribution in [2.24, 2.45) is 0 Å². The maximum atomic E-state index is 10.5. The predicted octanol–water partition coefficient (Wildman–Crippen LogP) is 6.90. The van der Waals surface area contributed by atoms with Gasteiger partial charge in [0, 0.05) is 5.02 Å². The van der Waals surface area contributed by atoms with E-state index in [4.69, 9.17) is 23.2 Å². The molecule has 7 heteroatoms. The average molecular weight is 469 g/mol. The van der Waals surface area contributed by atoms with Crippen molar-refractivity contribution in [1.82, 2.24) is 0 Å². The van der Waals surface area contributed by atoms with E-state index < -0.39 is 15.0 Å². The highest BCUT2D eigenvalue weighted by Crippen LogP contribution is 2.24. The van der Waals surface area contributed by atoms with Gasteiger partial charge < -0.3 is 9.04 Å². The van der Waals surface area contributed by atoms with Gasteiger partial charge in [-0.1, -0.05) is 76.6 Å². The van der Waals surface area contributed by atoms with Crippen molar-refractivity contribution < 1.29 is 17.5 Å². The van der Waals surface area contributed by atoms with E-state index in [2.05, 4.69) is 27.7 Å². The van der Waals surface area contributed by atoms with Crippen LogP contribution in [0, 0.1) is 0 Å². The number of hydrogen-bond acceptors (Lipinski definition) is 3. The van der Waals surface area contributed by atoms with Gasteiger partial charge in [-0.15, -0.1) is 0 Å². The Hall–Kier alpha value is -0.330. The maximum absolute atomic E-state index is 10.5. The topological polar surface area (TPSA) is 57.2 Å². The van der Waals surface area contributed by atoms with Crippen LogP contribution < -0.4 is 0 Å². The Morgan fingerprint density at radius 1 is 0.793 bits per heavy atom. The predicted molar refractivity (Wildman–Crippen MR) is 124 cm³/mol. The quantitative estimate of drug-likeness (QED) is 0.234. The standard InChI is InChI=1S/C16H36N.C6H4Cl2O3S/c1-5-9-13-17(14-10-6-2,15-11-7-3)16-12-8-4;7-4-1-2-5(8)6(3-4)12(9,10)11/h5-16H2,1-4H3;1-3H,(H,9,10,11)/q+1;/p-1. The lowest BCUT2D eigenvalue weighted by Gasteiger charge is -2.39.